The van der Waals surface area contributed by atoms with Crippen LogP contribution in [-0.2, 0) is 10.0 Å². The highest BCUT2D eigenvalue weighted by Crippen LogP contribution is 2.24. The number of carbonyl (C=O) groups is 1. The Morgan fingerprint density at radius 3 is 2.52 bits per heavy atom. The minimum absolute atomic E-state index is 0.127. The average Bonchev–Trinajstić information content (AvgIpc) is 2.45. The number of hydrogen-bond donors (Lipinski definition) is 1. The van der Waals surface area contributed by atoms with Crippen LogP contribution in [0.3, 0.4) is 0 Å². The van der Waals surface area contributed by atoms with Crippen LogP contribution in [0.4, 0.5) is 0 Å². The molecule has 1 amide bonds. The largest absolute Gasteiger partial charge is 0.495 e. The molecule has 1 rings (SSSR count). The molecule has 21 heavy (non-hydrogen) atoms. The maximum absolute atomic E-state index is 12.3. The minimum atomic E-state index is -3.94. The first-order valence-corrected chi connectivity index (χ1v) is 8.32. The molecule has 0 aliphatic heterocycles. The Morgan fingerprint density at radius 1 is 1.33 bits per heavy atom. The van der Waals surface area contributed by atoms with Crippen LogP contribution in [0.1, 0.15) is 36.5 Å². The summed E-state index contributed by atoms with van der Waals surface area (Å²) >= 11 is 0. The molecule has 0 heterocycles. The summed E-state index contributed by atoms with van der Waals surface area (Å²) in [7, 11) is -0.901. The lowest BCUT2D eigenvalue weighted by Crippen LogP contribution is -2.28. The van der Waals surface area contributed by atoms with Crippen molar-refractivity contribution in [3.8, 4) is 5.75 Å². The highest BCUT2D eigenvalue weighted by molar-refractivity contribution is 7.89. The van der Waals surface area contributed by atoms with E-state index in [1.807, 2.05) is 0 Å². The van der Waals surface area contributed by atoms with Crippen molar-refractivity contribution in [1.29, 1.82) is 0 Å². The number of sulfonamides is 1. The molecule has 0 aliphatic carbocycles. The van der Waals surface area contributed by atoms with Gasteiger partial charge in [0.25, 0.3) is 5.91 Å². The van der Waals surface area contributed by atoms with E-state index in [2.05, 4.69) is 6.92 Å². The molecule has 0 aliphatic rings. The molecule has 0 saturated heterocycles. The fourth-order valence-electron chi connectivity index (χ4n) is 1.95. The molecule has 1 aromatic carbocycles. The molecule has 0 saturated carbocycles. The summed E-state index contributed by atoms with van der Waals surface area (Å²) in [4.78, 5) is 13.7. The van der Waals surface area contributed by atoms with Gasteiger partial charge in [0.2, 0.25) is 10.0 Å². The van der Waals surface area contributed by atoms with Gasteiger partial charge >= 0.3 is 0 Å². The Hall–Kier alpha value is -1.60. The smallest absolute Gasteiger partial charge is 0.253 e. The SMILES string of the molecule is CCCCCN(C)C(=O)c1ccc(OC)c(S(N)(=O)=O)c1. The molecule has 0 spiro atoms. The van der Waals surface area contributed by atoms with E-state index < -0.39 is 10.0 Å². The van der Waals surface area contributed by atoms with E-state index in [0.29, 0.717) is 6.54 Å². The first kappa shape index (κ1) is 17.5. The molecule has 0 fully saturated rings. The quantitative estimate of drug-likeness (QED) is 0.774. The van der Waals surface area contributed by atoms with Crippen LogP contribution in [0.25, 0.3) is 0 Å². The Bertz CT molecular complexity index is 599. The summed E-state index contributed by atoms with van der Waals surface area (Å²) in [5.74, 6) is -0.110. The molecular formula is C14H22N2O4S. The molecule has 0 atom stereocenters. The fourth-order valence-corrected chi connectivity index (χ4v) is 2.68. The summed E-state index contributed by atoms with van der Waals surface area (Å²) in [6.45, 7) is 2.72. The van der Waals surface area contributed by atoms with Crippen LogP contribution in [0.5, 0.6) is 5.75 Å². The van der Waals surface area contributed by atoms with Crippen LogP contribution in [0.2, 0.25) is 0 Å². The number of benzene rings is 1. The first-order chi connectivity index (χ1) is 9.81. The van der Waals surface area contributed by atoms with Gasteiger partial charge < -0.3 is 9.64 Å². The normalized spacial score (nSPS) is 11.2. The second-order valence-corrected chi connectivity index (χ2v) is 6.37. The molecule has 0 radical (unpaired) electrons. The van der Waals surface area contributed by atoms with Crippen molar-refractivity contribution in [2.24, 2.45) is 5.14 Å². The highest BCUT2D eigenvalue weighted by atomic mass is 32.2. The number of rotatable bonds is 7. The van der Waals surface area contributed by atoms with Crippen LogP contribution < -0.4 is 9.88 Å². The Balaban J connectivity index is 3.01. The number of methoxy groups -OCH3 is 1. The zero-order valence-corrected chi connectivity index (χ0v) is 13.4. The number of nitrogens with zero attached hydrogens (tertiary/aromatic N) is 1. The van der Waals surface area contributed by atoms with Gasteiger partial charge in [-0.3, -0.25) is 4.79 Å². The molecule has 118 valence electrons. The number of hydrogen-bond acceptors (Lipinski definition) is 4. The molecule has 2 N–H and O–H groups in total. The predicted octanol–water partition coefficient (Wildman–Crippen LogP) is 1.60. The molecule has 0 unspecified atom stereocenters. The van der Waals surface area contributed by atoms with Gasteiger partial charge in [-0.15, -0.1) is 0 Å². The van der Waals surface area contributed by atoms with Crippen LogP contribution in [-0.4, -0.2) is 39.9 Å². The standard InChI is InChI=1S/C14H22N2O4S/c1-4-5-6-9-16(2)14(17)11-7-8-12(20-3)13(10-11)21(15,18)19/h7-8,10H,4-6,9H2,1-3H3,(H2,15,18,19). The van der Waals surface area contributed by atoms with E-state index in [1.165, 1.54) is 25.3 Å². The lowest BCUT2D eigenvalue weighted by Gasteiger charge is -2.18. The summed E-state index contributed by atoms with van der Waals surface area (Å²) in [6.07, 6.45) is 3.03. The van der Waals surface area contributed by atoms with E-state index in [9.17, 15) is 13.2 Å². The van der Waals surface area contributed by atoms with Crippen LogP contribution in [0, 0.1) is 0 Å². The monoisotopic (exact) mass is 314 g/mol. The number of primary sulfonamides is 1. The molecule has 6 nitrogen and oxygen atoms in total. The van der Waals surface area contributed by atoms with Crippen LogP contribution in [0.15, 0.2) is 23.1 Å². The van der Waals surface area contributed by atoms with Crippen LogP contribution >= 0.6 is 0 Å². The van der Waals surface area contributed by atoms with E-state index in [-0.39, 0.29) is 22.1 Å². The lowest BCUT2D eigenvalue weighted by atomic mass is 10.2. The second kappa shape index (κ2) is 7.42. The Kier molecular flexibility index (Phi) is 6.17. The maximum Gasteiger partial charge on any atom is 0.253 e. The van der Waals surface area contributed by atoms with E-state index >= 15 is 0 Å². The van der Waals surface area contributed by atoms with Crippen molar-refractivity contribution in [3.05, 3.63) is 23.8 Å². The van der Waals surface area contributed by atoms with Crippen molar-refractivity contribution in [3.63, 3.8) is 0 Å². The summed E-state index contributed by atoms with van der Waals surface area (Å²) < 4.78 is 28.0. The van der Waals surface area contributed by atoms with Gasteiger partial charge in [0.1, 0.15) is 10.6 Å². The number of carbonyl (C=O) groups excluding carboxylic acids is 1. The molecule has 1 aromatic rings. The third-order valence-electron chi connectivity index (χ3n) is 3.16. The summed E-state index contributed by atoms with van der Waals surface area (Å²) in [5.41, 5.74) is 0.277. The van der Waals surface area contributed by atoms with Gasteiger partial charge in [-0.2, -0.15) is 0 Å². The van der Waals surface area contributed by atoms with Gasteiger partial charge in [-0.1, -0.05) is 19.8 Å². The number of amides is 1. The van der Waals surface area contributed by atoms with Gasteiger partial charge in [0, 0.05) is 19.2 Å². The maximum atomic E-state index is 12.3. The summed E-state index contributed by atoms with van der Waals surface area (Å²) in [5, 5.41) is 5.14. The second-order valence-electron chi connectivity index (χ2n) is 4.84. The molecule has 7 heteroatoms. The number of nitrogens with two attached hydrogens (primary N) is 1. The zero-order chi connectivity index (χ0) is 16.0. The average molecular weight is 314 g/mol. The zero-order valence-electron chi connectivity index (χ0n) is 12.6. The van der Waals surface area contributed by atoms with Crippen molar-refractivity contribution >= 4 is 15.9 Å². The molecular weight excluding hydrogens is 292 g/mol. The number of ether oxygens (including phenoxy) is 1. The number of unbranched alkanes of at least 4 members (excludes halogenated alkanes) is 2. The Morgan fingerprint density at radius 2 is 2.00 bits per heavy atom. The predicted molar refractivity (Wildman–Crippen MR) is 80.9 cm³/mol. The summed E-state index contributed by atoms with van der Waals surface area (Å²) in [6, 6.07) is 4.23. The fraction of sp³-hybridized carbons (Fsp3) is 0.500. The van der Waals surface area contributed by atoms with Crippen molar-refractivity contribution in [2.45, 2.75) is 31.1 Å². The lowest BCUT2D eigenvalue weighted by molar-refractivity contribution is 0.0792. The third-order valence-corrected chi connectivity index (χ3v) is 4.09. The molecule has 0 aromatic heterocycles. The van der Waals surface area contributed by atoms with Gasteiger partial charge in [0.05, 0.1) is 7.11 Å². The Labute approximate surface area is 125 Å². The van der Waals surface area contributed by atoms with Crippen molar-refractivity contribution in [1.82, 2.24) is 4.90 Å². The van der Waals surface area contributed by atoms with Crippen molar-refractivity contribution < 1.29 is 17.9 Å². The molecule has 0 bridgehead atoms. The minimum Gasteiger partial charge on any atom is -0.495 e. The van der Waals surface area contributed by atoms with Crippen molar-refractivity contribution in [2.75, 3.05) is 20.7 Å². The highest BCUT2D eigenvalue weighted by Gasteiger charge is 2.19. The van der Waals surface area contributed by atoms with Gasteiger partial charge in [-0.05, 0) is 24.6 Å². The third kappa shape index (κ3) is 4.71. The van der Waals surface area contributed by atoms with E-state index in [1.54, 1.807) is 11.9 Å². The van der Waals surface area contributed by atoms with Gasteiger partial charge in [-0.25, -0.2) is 13.6 Å². The van der Waals surface area contributed by atoms with E-state index in [0.717, 1.165) is 19.3 Å². The van der Waals surface area contributed by atoms with Gasteiger partial charge in [0.15, 0.2) is 0 Å². The topological polar surface area (TPSA) is 89.7 Å². The van der Waals surface area contributed by atoms with E-state index in [4.69, 9.17) is 9.88 Å². The first-order valence-electron chi connectivity index (χ1n) is 6.77.